The van der Waals surface area contributed by atoms with Crippen molar-refractivity contribution in [3.05, 3.63) is 12.4 Å². The zero-order chi connectivity index (χ0) is 3.54. The van der Waals surface area contributed by atoms with E-state index in [1.165, 1.54) is 6.20 Å². The molecular formula is C2H3Cl2N3. The highest BCUT2D eigenvalue weighted by Gasteiger charge is 1.92. The molecule has 0 unspecified atom stereocenters. The molecule has 0 amide bonds. The lowest BCUT2D eigenvalue weighted by atomic mass is 11.0. The van der Waals surface area contributed by atoms with Crippen molar-refractivity contribution in [1.29, 1.82) is 0 Å². The predicted octanol–water partition coefficient (Wildman–Crippen LogP) is -2.34. The van der Waals surface area contributed by atoms with Crippen molar-refractivity contribution in [2.45, 2.75) is 0 Å². The summed E-state index contributed by atoms with van der Waals surface area (Å²) in [5.74, 6) is 0. The van der Waals surface area contributed by atoms with E-state index in [0.717, 1.165) is 0 Å². The first-order valence-electron chi connectivity index (χ1n) is 1.22. The maximum Gasteiger partial charge on any atom is 0.445 e. The van der Waals surface area contributed by atoms with Crippen LogP contribution in [0.25, 0.3) is 0 Å². The Hall–Kier alpha value is -0.370. The van der Waals surface area contributed by atoms with Gasteiger partial charge in [0.1, 0.15) is 5.11 Å². The Bertz CT molecular complexity index is 69.0. The fourth-order valence-electron chi connectivity index (χ4n) is 0.144. The van der Waals surface area contributed by atoms with Crippen LogP contribution in [0.15, 0.2) is 16.5 Å². The minimum atomic E-state index is 0. The number of nitrogens with one attached hydrogen (secondary N) is 1. The van der Waals surface area contributed by atoms with Gasteiger partial charge in [0.15, 0.2) is 0 Å². The molecule has 1 aliphatic heterocycles. The average Bonchev–Trinajstić information content (AvgIpc) is 1.76. The molecule has 1 N–H and O–H groups in total. The number of nitrogens with zero attached hydrogens (tertiary/aromatic N) is 2. The fourth-order valence-corrected chi connectivity index (χ4v) is 0.144. The third-order valence-corrected chi connectivity index (χ3v) is 0.295. The molecule has 0 atom stereocenters. The highest BCUT2D eigenvalue weighted by atomic mass is 35.5. The van der Waals surface area contributed by atoms with Crippen LogP contribution in [0.1, 0.15) is 0 Å². The van der Waals surface area contributed by atoms with Crippen LogP contribution >= 0.6 is 12.4 Å². The largest absolute Gasteiger partial charge is 1.00 e. The van der Waals surface area contributed by atoms with Gasteiger partial charge in [-0.25, -0.2) is 5.43 Å². The summed E-state index contributed by atoms with van der Waals surface area (Å²) in [7, 11) is 0. The van der Waals surface area contributed by atoms with Gasteiger partial charge in [0.25, 0.3) is 6.20 Å². The van der Waals surface area contributed by atoms with Crippen molar-refractivity contribution >= 4 is 12.4 Å². The SMILES string of the molecule is Cl.[C+]1=CNN=N1.[Cl-]. The summed E-state index contributed by atoms with van der Waals surface area (Å²) in [6.45, 7) is 0. The van der Waals surface area contributed by atoms with E-state index >= 15 is 0 Å². The van der Waals surface area contributed by atoms with Gasteiger partial charge in [-0.2, -0.15) is 0 Å². The summed E-state index contributed by atoms with van der Waals surface area (Å²) >= 11 is 0. The first kappa shape index (κ1) is 9.80. The van der Waals surface area contributed by atoms with Crippen molar-refractivity contribution in [2.75, 3.05) is 0 Å². The van der Waals surface area contributed by atoms with Crippen molar-refractivity contribution in [1.82, 2.24) is 5.43 Å². The van der Waals surface area contributed by atoms with E-state index in [2.05, 4.69) is 22.0 Å². The van der Waals surface area contributed by atoms with Crippen molar-refractivity contribution in [3.8, 4) is 0 Å². The molecular weight excluding hydrogens is 137 g/mol. The lowest BCUT2D eigenvalue weighted by Gasteiger charge is -1.56. The molecule has 0 aromatic rings. The van der Waals surface area contributed by atoms with Crippen LogP contribution in [0, 0.1) is 6.20 Å². The molecule has 0 bridgehead atoms. The van der Waals surface area contributed by atoms with Gasteiger partial charge >= 0.3 is 6.20 Å². The maximum atomic E-state index is 3.29. The standard InChI is InChI=1S/C2H2N3.2ClH/c1-2-4-5-3-1;;/h1H,(H,3,4,5);2*1H/q+1;;/p-1. The molecule has 1 heterocycles. The Morgan fingerprint density at radius 3 is 2.43 bits per heavy atom. The van der Waals surface area contributed by atoms with Gasteiger partial charge in [-0.1, -0.05) is 0 Å². The molecule has 7 heavy (non-hydrogen) atoms. The highest BCUT2D eigenvalue weighted by molar-refractivity contribution is 5.85. The lowest BCUT2D eigenvalue weighted by Crippen LogP contribution is -3.00. The predicted molar refractivity (Wildman–Crippen MR) is 23.1 cm³/mol. The monoisotopic (exact) mass is 139 g/mol. The quantitative estimate of drug-likeness (QED) is 0.376. The van der Waals surface area contributed by atoms with Crippen LogP contribution in [0.5, 0.6) is 0 Å². The molecule has 0 aromatic carbocycles. The topological polar surface area (TPSA) is 36.8 Å². The summed E-state index contributed by atoms with van der Waals surface area (Å²) in [5.41, 5.74) is 2.44. The molecule has 0 aromatic heterocycles. The molecule has 3 nitrogen and oxygen atoms in total. The molecule has 5 heteroatoms. The van der Waals surface area contributed by atoms with Crippen molar-refractivity contribution < 1.29 is 12.4 Å². The second kappa shape index (κ2) is 5.63. The van der Waals surface area contributed by atoms with E-state index in [1.807, 2.05) is 0 Å². The molecule has 1 rings (SSSR count). The van der Waals surface area contributed by atoms with Crippen LogP contribution in [0.3, 0.4) is 0 Å². The van der Waals surface area contributed by atoms with Crippen LogP contribution in [-0.2, 0) is 0 Å². The van der Waals surface area contributed by atoms with Gasteiger partial charge in [-0.3, -0.25) is 0 Å². The molecule has 0 saturated heterocycles. The van der Waals surface area contributed by atoms with Crippen molar-refractivity contribution in [3.63, 3.8) is 0 Å². The van der Waals surface area contributed by atoms with E-state index in [4.69, 9.17) is 0 Å². The van der Waals surface area contributed by atoms with Crippen molar-refractivity contribution in [2.24, 2.45) is 10.3 Å². The van der Waals surface area contributed by atoms with Gasteiger partial charge in [0.05, 0.1) is 0 Å². The minimum absolute atomic E-state index is 0. The first-order chi connectivity index (χ1) is 2.50. The highest BCUT2D eigenvalue weighted by Crippen LogP contribution is 1.77. The van der Waals surface area contributed by atoms with Gasteiger partial charge in [-0.05, 0) is 5.22 Å². The van der Waals surface area contributed by atoms with E-state index < -0.39 is 0 Å². The summed E-state index contributed by atoms with van der Waals surface area (Å²) in [6.07, 6.45) is 3.97. The van der Waals surface area contributed by atoms with Crippen LogP contribution in [0.4, 0.5) is 0 Å². The average molecular weight is 140 g/mol. The van der Waals surface area contributed by atoms with Gasteiger partial charge < -0.3 is 12.4 Å². The molecule has 40 valence electrons. The minimum Gasteiger partial charge on any atom is -1.00 e. The summed E-state index contributed by atoms with van der Waals surface area (Å²) in [4.78, 5) is 0. The second-order valence-corrected chi connectivity index (χ2v) is 0.603. The summed E-state index contributed by atoms with van der Waals surface area (Å²) < 4.78 is 0. The number of hydrogen-bond acceptors (Lipinski definition) is 3. The Morgan fingerprint density at radius 1 is 1.57 bits per heavy atom. The second-order valence-electron chi connectivity index (χ2n) is 0.603. The maximum absolute atomic E-state index is 3.29. The Balaban J connectivity index is 0. The van der Waals surface area contributed by atoms with Crippen LogP contribution < -0.4 is 17.8 Å². The smallest absolute Gasteiger partial charge is 0.445 e. The summed E-state index contributed by atoms with van der Waals surface area (Å²) in [6, 6.07) is 0. The van der Waals surface area contributed by atoms with E-state index in [1.54, 1.807) is 0 Å². The molecule has 0 saturated carbocycles. The van der Waals surface area contributed by atoms with E-state index in [-0.39, 0.29) is 24.8 Å². The zero-order valence-electron chi connectivity index (χ0n) is 3.26. The zero-order valence-corrected chi connectivity index (χ0v) is 4.83. The van der Waals surface area contributed by atoms with E-state index in [9.17, 15) is 0 Å². The molecule has 0 aliphatic carbocycles. The van der Waals surface area contributed by atoms with Crippen LogP contribution in [0.2, 0.25) is 0 Å². The molecule has 1 aliphatic rings. The number of halogens is 2. The van der Waals surface area contributed by atoms with Gasteiger partial charge in [-0.15, -0.1) is 12.4 Å². The van der Waals surface area contributed by atoms with Gasteiger partial charge in [0.2, 0.25) is 0 Å². The van der Waals surface area contributed by atoms with E-state index in [0.29, 0.717) is 0 Å². The molecule has 0 fully saturated rings. The Labute approximate surface area is 53.7 Å². The molecule has 0 spiro atoms. The van der Waals surface area contributed by atoms with Gasteiger partial charge in [0, 0.05) is 0 Å². The Kier molecular flexibility index (Phi) is 7.88. The lowest BCUT2D eigenvalue weighted by molar-refractivity contribution is -0.00000130. The number of rotatable bonds is 0. The first-order valence-corrected chi connectivity index (χ1v) is 1.22. The number of hydrogen-bond donors (Lipinski definition) is 1. The third kappa shape index (κ3) is 3.46. The normalized spacial score (nSPS) is 10.3. The molecule has 0 radical (unpaired) electrons. The fraction of sp³-hybridized carbons (Fsp3) is 0. The third-order valence-electron chi connectivity index (χ3n) is 0.295. The summed E-state index contributed by atoms with van der Waals surface area (Å²) in [5, 5.41) is 6.58. The van der Waals surface area contributed by atoms with Crippen LogP contribution in [-0.4, -0.2) is 0 Å². The Morgan fingerprint density at radius 2 is 2.29 bits per heavy atom.